The van der Waals surface area contributed by atoms with Crippen LogP contribution in [0.5, 0.6) is 0 Å². The zero-order valence-electron chi connectivity index (χ0n) is 10.2. The molecular formula is C12H9BrF2N2O2S. The average Bonchev–Trinajstić information content (AvgIpc) is 2.33. The summed E-state index contributed by atoms with van der Waals surface area (Å²) >= 11 is 3.23. The molecule has 2 aromatic rings. The molecule has 4 nitrogen and oxygen atoms in total. The zero-order chi connectivity index (χ0) is 14.9. The fourth-order valence-corrected chi connectivity index (χ4v) is 2.76. The van der Waals surface area contributed by atoms with Gasteiger partial charge in [-0.1, -0.05) is 0 Å². The predicted molar refractivity (Wildman–Crippen MR) is 73.8 cm³/mol. The van der Waals surface area contributed by atoms with Crippen molar-refractivity contribution in [1.29, 1.82) is 0 Å². The number of benzene rings is 1. The number of hydrogen-bond donors (Lipinski definition) is 1. The number of aryl methyl sites for hydroxylation is 1. The Hall–Kier alpha value is -1.54. The van der Waals surface area contributed by atoms with Crippen molar-refractivity contribution in [1.82, 2.24) is 4.98 Å². The monoisotopic (exact) mass is 362 g/mol. The summed E-state index contributed by atoms with van der Waals surface area (Å²) in [4.78, 5) is 3.23. The van der Waals surface area contributed by atoms with Crippen LogP contribution in [-0.2, 0) is 10.0 Å². The Morgan fingerprint density at radius 1 is 1.25 bits per heavy atom. The van der Waals surface area contributed by atoms with Crippen LogP contribution >= 0.6 is 15.9 Å². The Balaban J connectivity index is 2.38. The fraction of sp³-hybridized carbons (Fsp3) is 0.0833. The van der Waals surface area contributed by atoms with E-state index in [1.165, 1.54) is 12.3 Å². The molecule has 1 N–H and O–H groups in total. The van der Waals surface area contributed by atoms with Crippen molar-refractivity contribution < 1.29 is 17.2 Å². The summed E-state index contributed by atoms with van der Waals surface area (Å²) in [7, 11) is -4.16. The number of hydrogen-bond acceptors (Lipinski definition) is 3. The Bertz CT molecular complexity index is 766. The average molecular weight is 363 g/mol. The second-order valence-electron chi connectivity index (χ2n) is 4.00. The zero-order valence-corrected chi connectivity index (χ0v) is 12.6. The highest BCUT2D eigenvalue weighted by Gasteiger charge is 2.20. The van der Waals surface area contributed by atoms with Gasteiger partial charge < -0.3 is 0 Å². The molecule has 2 rings (SSSR count). The van der Waals surface area contributed by atoms with E-state index < -0.39 is 26.6 Å². The van der Waals surface area contributed by atoms with Gasteiger partial charge in [-0.15, -0.1) is 0 Å². The van der Waals surface area contributed by atoms with Crippen molar-refractivity contribution in [2.45, 2.75) is 11.8 Å². The SMILES string of the molecule is Cc1cc(NS(=O)(=O)c2ccc(F)cc2F)ncc1Br. The van der Waals surface area contributed by atoms with Crippen molar-refractivity contribution in [2.24, 2.45) is 0 Å². The Kier molecular flexibility index (Phi) is 4.05. The van der Waals surface area contributed by atoms with E-state index in [4.69, 9.17) is 0 Å². The summed E-state index contributed by atoms with van der Waals surface area (Å²) in [5, 5.41) is 0. The third-order valence-electron chi connectivity index (χ3n) is 2.47. The van der Waals surface area contributed by atoms with Crippen LogP contribution in [0.3, 0.4) is 0 Å². The fourth-order valence-electron chi connectivity index (χ4n) is 1.48. The summed E-state index contributed by atoms with van der Waals surface area (Å²) in [5.74, 6) is -1.96. The standard InChI is InChI=1S/C12H9BrF2N2O2S/c1-7-4-12(16-6-9(7)13)17-20(18,19)11-3-2-8(14)5-10(11)15/h2-6H,1H3,(H,16,17). The molecule has 0 fully saturated rings. The van der Waals surface area contributed by atoms with Gasteiger partial charge in [-0.3, -0.25) is 4.72 Å². The number of halogens is 3. The molecule has 0 radical (unpaired) electrons. The minimum absolute atomic E-state index is 0.0504. The van der Waals surface area contributed by atoms with E-state index in [1.54, 1.807) is 6.92 Å². The molecule has 0 aliphatic carbocycles. The first-order valence-corrected chi connectivity index (χ1v) is 7.67. The summed E-state index contributed by atoms with van der Waals surface area (Å²) in [6, 6.07) is 3.73. The van der Waals surface area contributed by atoms with Crippen molar-refractivity contribution >= 4 is 31.8 Å². The van der Waals surface area contributed by atoms with Gasteiger partial charge in [0.25, 0.3) is 10.0 Å². The van der Waals surface area contributed by atoms with Crippen LogP contribution in [0.25, 0.3) is 0 Å². The van der Waals surface area contributed by atoms with E-state index in [0.29, 0.717) is 10.5 Å². The van der Waals surface area contributed by atoms with Gasteiger partial charge in [0.2, 0.25) is 0 Å². The number of aromatic nitrogens is 1. The quantitative estimate of drug-likeness (QED) is 0.911. The molecule has 106 valence electrons. The van der Waals surface area contributed by atoms with Crippen LogP contribution in [-0.4, -0.2) is 13.4 Å². The van der Waals surface area contributed by atoms with Crippen LogP contribution in [0.4, 0.5) is 14.6 Å². The van der Waals surface area contributed by atoms with Gasteiger partial charge in [0.15, 0.2) is 0 Å². The molecule has 20 heavy (non-hydrogen) atoms. The number of sulfonamides is 1. The van der Waals surface area contributed by atoms with Crippen molar-refractivity contribution in [2.75, 3.05) is 4.72 Å². The highest BCUT2D eigenvalue weighted by atomic mass is 79.9. The molecule has 0 aliphatic heterocycles. The second kappa shape index (κ2) is 5.45. The lowest BCUT2D eigenvalue weighted by atomic mass is 10.3. The van der Waals surface area contributed by atoms with Crippen LogP contribution in [0.15, 0.2) is 39.8 Å². The van der Waals surface area contributed by atoms with Gasteiger partial charge >= 0.3 is 0 Å². The summed E-state index contributed by atoms with van der Waals surface area (Å²) < 4.78 is 53.2. The smallest absolute Gasteiger partial charge is 0.263 e. The first-order valence-electron chi connectivity index (χ1n) is 5.39. The van der Waals surface area contributed by atoms with Crippen LogP contribution in [0.1, 0.15) is 5.56 Å². The van der Waals surface area contributed by atoms with Crippen LogP contribution in [0.2, 0.25) is 0 Å². The lowest BCUT2D eigenvalue weighted by molar-refractivity contribution is 0.551. The Morgan fingerprint density at radius 2 is 1.95 bits per heavy atom. The second-order valence-corrected chi connectivity index (χ2v) is 6.50. The van der Waals surface area contributed by atoms with Gasteiger partial charge in [0.1, 0.15) is 22.3 Å². The van der Waals surface area contributed by atoms with E-state index >= 15 is 0 Å². The molecule has 0 bridgehead atoms. The van der Waals surface area contributed by atoms with Crippen molar-refractivity contribution in [3.63, 3.8) is 0 Å². The number of anilines is 1. The molecule has 0 saturated heterocycles. The largest absolute Gasteiger partial charge is 0.265 e. The summed E-state index contributed by atoms with van der Waals surface area (Å²) in [6.07, 6.45) is 1.42. The highest BCUT2D eigenvalue weighted by molar-refractivity contribution is 9.10. The molecule has 1 aromatic heterocycles. The molecule has 1 heterocycles. The summed E-state index contributed by atoms with van der Waals surface area (Å²) in [6.45, 7) is 1.75. The third kappa shape index (κ3) is 3.13. The Morgan fingerprint density at radius 3 is 2.55 bits per heavy atom. The maximum absolute atomic E-state index is 13.5. The van der Waals surface area contributed by atoms with Gasteiger partial charge in [0.05, 0.1) is 0 Å². The van der Waals surface area contributed by atoms with E-state index in [1.807, 2.05) is 0 Å². The number of nitrogens with zero attached hydrogens (tertiary/aromatic N) is 1. The molecule has 1 aromatic carbocycles. The maximum Gasteiger partial charge on any atom is 0.265 e. The molecule has 0 spiro atoms. The minimum Gasteiger partial charge on any atom is -0.263 e. The Labute approximate surface area is 123 Å². The first kappa shape index (κ1) is 14.9. The molecular weight excluding hydrogens is 354 g/mol. The lowest BCUT2D eigenvalue weighted by Gasteiger charge is -2.09. The van der Waals surface area contributed by atoms with E-state index in [2.05, 4.69) is 25.6 Å². The third-order valence-corrected chi connectivity index (χ3v) is 4.69. The molecule has 8 heteroatoms. The predicted octanol–water partition coefficient (Wildman–Crippen LogP) is 3.23. The number of pyridine rings is 1. The van der Waals surface area contributed by atoms with Crippen molar-refractivity contribution in [3.8, 4) is 0 Å². The van der Waals surface area contributed by atoms with Crippen LogP contribution in [0, 0.1) is 18.6 Å². The highest BCUT2D eigenvalue weighted by Crippen LogP contribution is 2.21. The summed E-state index contributed by atoms with van der Waals surface area (Å²) in [5.41, 5.74) is 0.761. The van der Waals surface area contributed by atoms with Gasteiger partial charge in [0, 0.05) is 16.7 Å². The van der Waals surface area contributed by atoms with E-state index in [0.717, 1.165) is 17.7 Å². The normalized spacial score (nSPS) is 11.4. The maximum atomic E-state index is 13.5. The molecule has 0 unspecified atom stereocenters. The van der Waals surface area contributed by atoms with E-state index in [-0.39, 0.29) is 5.82 Å². The molecule has 0 aliphatic rings. The van der Waals surface area contributed by atoms with E-state index in [9.17, 15) is 17.2 Å². The van der Waals surface area contributed by atoms with Gasteiger partial charge in [-0.25, -0.2) is 22.2 Å². The molecule has 0 amide bonds. The number of nitrogens with one attached hydrogen (secondary N) is 1. The topological polar surface area (TPSA) is 59.1 Å². The number of rotatable bonds is 3. The van der Waals surface area contributed by atoms with Crippen LogP contribution < -0.4 is 4.72 Å². The molecule has 0 atom stereocenters. The lowest BCUT2D eigenvalue weighted by Crippen LogP contribution is -2.15. The van der Waals surface area contributed by atoms with Crippen molar-refractivity contribution in [3.05, 3.63) is 52.1 Å². The van der Waals surface area contributed by atoms with Gasteiger partial charge in [-0.05, 0) is 46.6 Å². The molecule has 0 saturated carbocycles. The minimum atomic E-state index is -4.16. The van der Waals surface area contributed by atoms with Gasteiger partial charge in [-0.2, -0.15) is 0 Å². The first-order chi connectivity index (χ1) is 9.29.